The van der Waals surface area contributed by atoms with Gasteiger partial charge < -0.3 is 5.73 Å². The van der Waals surface area contributed by atoms with Crippen molar-refractivity contribution in [3.63, 3.8) is 0 Å². The summed E-state index contributed by atoms with van der Waals surface area (Å²) in [5.74, 6) is 0.280. The van der Waals surface area contributed by atoms with Gasteiger partial charge in [-0.3, -0.25) is 9.78 Å². The highest BCUT2D eigenvalue weighted by Crippen LogP contribution is 1.96. The first-order chi connectivity index (χ1) is 3.39. The van der Waals surface area contributed by atoms with E-state index in [2.05, 4.69) is 9.78 Å². The van der Waals surface area contributed by atoms with Crippen LogP contribution in [0.15, 0.2) is 24.3 Å². The van der Waals surface area contributed by atoms with E-state index < -0.39 is 0 Å². The summed E-state index contributed by atoms with van der Waals surface area (Å²) in [6.07, 6.45) is 4.65. The molecule has 1 aliphatic rings. The van der Waals surface area contributed by atoms with Gasteiger partial charge in [-0.25, -0.2) is 0 Å². The monoisotopic (exact) mass is 99.0 g/mol. The first-order valence-corrected chi connectivity index (χ1v) is 1.85. The van der Waals surface area contributed by atoms with Gasteiger partial charge in [0, 0.05) is 6.08 Å². The summed E-state index contributed by atoms with van der Waals surface area (Å²) in [6.45, 7) is 0. The zero-order valence-corrected chi connectivity index (χ0v) is 3.63. The highest BCUT2D eigenvalue weighted by molar-refractivity contribution is 5.03. The number of hydrogen-bond acceptors (Lipinski definition) is 3. The van der Waals surface area contributed by atoms with E-state index in [9.17, 15) is 0 Å². The van der Waals surface area contributed by atoms with Gasteiger partial charge in [0.25, 0.3) is 0 Å². The Balaban J connectivity index is 2.57. The fourth-order valence-electron chi connectivity index (χ4n) is 0.277. The molecule has 3 nitrogen and oxygen atoms in total. The van der Waals surface area contributed by atoms with Gasteiger partial charge in [-0.15, -0.1) is 0 Å². The van der Waals surface area contributed by atoms with Gasteiger partial charge in [-0.1, -0.05) is 0 Å². The highest BCUT2D eigenvalue weighted by atomic mass is 17.2. The molecule has 0 unspecified atom stereocenters. The van der Waals surface area contributed by atoms with Crippen molar-refractivity contribution in [2.45, 2.75) is 0 Å². The molecule has 0 saturated heterocycles. The average Bonchev–Trinajstić information content (AvgIpc) is 1.69. The maximum absolute atomic E-state index is 5.10. The summed E-state index contributed by atoms with van der Waals surface area (Å²) in [4.78, 5) is 8.64. The molecule has 1 aliphatic heterocycles. The molecule has 2 N–H and O–H groups in total. The first-order valence-electron chi connectivity index (χ1n) is 1.85. The van der Waals surface area contributed by atoms with Crippen LogP contribution >= 0.6 is 0 Å². The van der Waals surface area contributed by atoms with E-state index in [4.69, 9.17) is 5.73 Å². The fourth-order valence-corrected chi connectivity index (χ4v) is 0.277. The van der Waals surface area contributed by atoms with E-state index in [-0.39, 0.29) is 5.88 Å². The van der Waals surface area contributed by atoms with Crippen LogP contribution in [0.5, 0.6) is 0 Å². The summed E-state index contributed by atoms with van der Waals surface area (Å²) in [6, 6.07) is 0. The van der Waals surface area contributed by atoms with Gasteiger partial charge in [0.15, 0.2) is 0 Å². The fraction of sp³-hybridized carbons (Fsp3) is 0. The van der Waals surface area contributed by atoms with Crippen molar-refractivity contribution in [2.24, 2.45) is 5.73 Å². The van der Waals surface area contributed by atoms with Crippen LogP contribution in [0.3, 0.4) is 0 Å². The van der Waals surface area contributed by atoms with E-state index in [1.54, 1.807) is 12.2 Å². The van der Waals surface area contributed by atoms with Crippen molar-refractivity contribution >= 4 is 0 Å². The number of allylic oxidation sites excluding steroid dienone is 2. The van der Waals surface area contributed by atoms with Gasteiger partial charge in [0.2, 0.25) is 5.88 Å². The summed E-state index contributed by atoms with van der Waals surface area (Å²) >= 11 is 0. The second-order valence-corrected chi connectivity index (χ2v) is 1.08. The molecule has 0 aromatic heterocycles. The first kappa shape index (κ1) is 4.05. The molecule has 1 heterocycles. The van der Waals surface area contributed by atoms with Crippen molar-refractivity contribution in [1.82, 2.24) is 0 Å². The van der Waals surface area contributed by atoms with E-state index in [1.807, 2.05) is 0 Å². The molecule has 0 saturated carbocycles. The number of nitrogens with two attached hydrogens (primary N) is 1. The Kier molecular flexibility index (Phi) is 0.898. The SMILES string of the molecule is NC1=CC=COO1. The van der Waals surface area contributed by atoms with E-state index >= 15 is 0 Å². The third-order valence-corrected chi connectivity index (χ3v) is 0.539. The minimum absolute atomic E-state index is 0.280. The Morgan fingerprint density at radius 2 is 2.43 bits per heavy atom. The molecule has 1 rings (SSSR count). The lowest BCUT2D eigenvalue weighted by atomic mass is 10.5. The molecule has 0 aliphatic carbocycles. The van der Waals surface area contributed by atoms with E-state index in [1.165, 1.54) is 6.26 Å². The van der Waals surface area contributed by atoms with Crippen molar-refractivity contribution < 1.29 is 9.78 Å². The van der Waals surface area contributed by atoms with Crippen LogP contribution in [0.25, 0.3) is 0 Å². The molecule has 3 heteroatoms. The lowest BCUT2D eigenvalue weighted by molar-refractivity contribution is -0.215. The molecule has 0 aromatic carbocycles. The predicted octanol–water partition coefficient (Wildman–Crippen LogP) is 0.262. The van der Waals surface area contributed by atoms with E-state index in [0.717, 1.165) is 0 Å². The summed E-state index contributed by atoms with van der Waals surface area (Å²) < 4.78 is 0. The third-order valence-electron chi connectivity index (χ3n) is 0.539. The molecule has 0 bridgehead atoms. The van der Waals surface area contributed by atoms with Gasteiger partial charge in [-0.2, -0.15) is 0 Å². The lowest BCUT2D eigenvalue weighted by Crippen LogP contribution is -2.02. The lowest BCUT2D eigenvalue weighted by Gasteiger charge is -2.02. The predicted molar refractivity (Wildman–Crippen MR) is 23.6 cm³/mol. The second kappa shape index (κ2) is 1.55. The smallest absolute Gasteiger partial charge is 0.241 e. The van der Waals surface area contributed by atoms with Gasteiger partial charge in [-0.05, 0) is 6.08 Å². The van der Waals surface area contributed by atoms with Crippen LogP contribution in [-0.2, 0) is 9.78 Å². The van der Waals surface area contributed by atoms with Crippen molar-refractivity contribution in [3.8, 4) is 0 Å². The zero-order chi connectivity index (χ0) is 5.11. The topological polar surface area (TPSA) is 44.5 Å². The molecule has 0 atom stereocenters. The van der Waals surface area contributed by atoms with Crippen molar-refractivity contribution in [1.29, 1.82) is 0 Å². The van der Waals surface area contributed by atoms with Gasteiger partial charge in [0.05, 0.1) is 0 Å². The highest BCUT2D eigenvalue weighted by Gasteiger charge is 1.90. The standard InChI is InChI=1S/C4H5NO2/c5-4-2-1-3-6-7-4/h1-3H,5H2. The largest absolute Gasteiger partial charge is 0.366 e. The normalized spacial score (nSPS) is 16.9. The Hall–Kier alpha value is -1.12. The Morgan fingerprint density at radius 1 is 1.57 bits per heavy atom. The summed E-state index contributed by atoms with van der Waals surface area (Å²) in [5.41, 5.74) is 5.10. The van der Waals surface area contributed by atoms with E-state index in [0.29, 0.717) is 0 Å². The quantitative estimate of drug-likeness (QED) is 0.443. The molecule has 0 amide bonds. The second-order valence-electron chi connectivity index (χ2n) is 1.08. The molecule has 38 valence electrons. The molecular weight excluding hydrogens is 94.0 g/mol. The molecule has 0 fully saturated rings. The third kappa shape index (κ3) is 0.855. The molecule has 0 spiro atoms. The minimum atomic E-state index is 0.280. The molecular formula is C4H5NO2. The molecule has 7 heavy (non-hydrogen) atoms. The Bertz CT molecular complexity index is 117. The number of hydrogen-bond donors (Lipinski definition) is 1. The van der Waals surface area contributed by atoms with Crippen LogP contribution in [0.2, 0.25) is 0 Å². The van der Waals surface area contributed by atoms with Crippen molar-refractivity contribution in [2.75, 3.05) is 0 Å². The molecule has 0 radical (unpaired) electrons. The minimum Gasteiger partial charge on any atom is -0.366 e. The van der Waals surface area contributed by atoms with Crippen molar-refractivity contribution in [3.05, 3.63) is 24.3 Å². The van der Waals surface area contributed by atoms with Crippen LogP contribution < -0.4 is 5.73 Å². The maximum atomic E-state index is 5.10. The van der Waals surface area contributed by atoms with Gasteiger partial charge >= 0.3 is 0 Å². The van der Waals surface area contributed by atoms with Crippen LogP contribution in [0.4, 0.5) is 0 Å². The Labute approximate surface area is 40.9 Å². The van der Waals surface area contributed by atoms with Crippen LogP contribution in [0, 0.1) is 0 Å². The van der Waals surface area contributed by atoms with Crippen LogP contribution in [0.1, 0.15) is 0 Å². The van der Waals surface area contributed by atoms with Crippen LogP contribution in [-0.4, -0.2) is 0 Å². The van der Waals surface area contributed by atoms with Gasteiger partial charge in [0.1, 0.15) is 6.26 Å². The number of rotatable bonds is 0. The summed E-state index contributed by atoms with van der Waals surface area (Å²) in [5, 5.41) is 0. The molecule has 0 aromatic rings. The zero-order valence-electron chi connectivity index (χ0n) is 3.63. The Morgan fingerprint density at radius 3 is 2.71 bits per heavy atom. The maximum Gasteiger partial charge on any atom is 0.241 e. The summed E-state index contributed by atoms with van der Waals surface area (Å²) in [7, 11) is 0. The average molecular weight is 99.1 g/mol.